The first-order valence-corrected chi connectivity index (χ1v) is 14.8. The van der Waals surface area contributed by atoms with Gasteiger partial charge in [-0.3, -0.25) is 9.13 Å². The lowest BCUT2D eigenvalue weighted by atomic mass is 10.3. The lowest BCUT2D eigenvalue weighted by Gasteiger charge is -2.23. The number of unbranched alkanes of at least 4 members (excludes halogenated alkanes) is 2. The summed E-state index contributed by atoms with van der Waals surface area (Å²) >= 11 is 0. The van der Waals surface area contributed by atoms with Gasteiger partial charge in [0.25, 0.3) is 0 Å². The van der Waals surface area contributed by atoms with Crippen molar-refractivity contribution in [1.29, 1.82) is 0 Å². The summed E-state index contributed by atoms with van der Waals surface area (Å²) in [5.74, 6) is 0. The van der Waals surface area contributed by atoms with E-state index < -0.39 is 34.7 Å². The highest BCUT2D eigenvalue weighted by atomic mass is 31.1. The van der Waals surface area contributed by atoms with Crippen LogP contribution in [0.15, 0.2) is 0 Å². The molecule has 0 aromatic carbocycles. The number of hydrogen-bond acceptors (Lipinski definition) is 10. The smallest absolute Gasteiger partial charge is 0.191 e. The fraction of sp³-hybridized carbons (Fsp3) is 1.00. The van der Waals surface area contributed by atoms with Crippen LogP contribution in [0.2, 0.25) is 0 Å². The van der Waals surface area contributed by atoms with Gasteiger partial charge in [0.2, 0.25) is 0 Å². The van der Waals surface area contributed by atoms with Crippen LogP contribution in [0.1, 0.15) is 60.8 Å². The van der Waals surface area contributed by atoms with Gasteiger partial charge in [-0.1, -0.05) is 6.42 Å². The first-order chi connectivity index (χ1) is 15.5. The van der Waals surface area contributed by atoms with Crippen molar-refractivity contribution in [3.8, 4) is 0 Å². The van der Waals surface area contributed by atoms with Crippen molar-refractivity contribution in [3.63, 3.8) is 0 Å². The second kappa shape index (κ2) is 20.3. The maximum Gasteiger partial charge on any atom is 0.191 e. The monoisotopic (exact) mass is 520 g/mol. The first-order valence-electron chi connectivity index (χ1n) is 11.7. The highest BCUT2D eigenvalue weighted by Gasteiger charge is 2.17. The molecule has 0 aliphatic heterocycles. The van der Waals surface area contributed by atoms with Gasteiger partial charge in [-0.15, -0.1) is 0 Å². The van der Waals surface area contributed by atoms with E-state index in [0.717, 1.165) is 6.42 Å². The van der Waals surface area contributed by atoms with Crippen LogP contribution in [0.5, 0.6) is 0 Å². The van der Waals surface area contributed by atoms with Gasteiger partial charge in [-0.2, -0.15) is 0 Å². The van der Waals surface area contributed by atoms with E-state index in [-0.39, 0.29) is 44.7 Å². The highest BCUT2D eigenvalue weighted by molar-refractivity contribution is 7.39. The highest BCUT2D eigenvalue weighted by Crippen LogP contribution is 2.28. The van der Waals surface area contributed by atoms with Gasteiger partial charge < -0.3 is 38.2 Å². The zero-order chi connectivity index (χ0) is 25.2. The molecule has 200 valence electrons. The zero-order valence-electron chi connectivity index (χ0n) is 21.0. The fourth-order valence-electron chi connectivity index (χ4n) is 2.56. The van der Waals surface area contributed by atoms with Gasteiger partial charge in [0.1, 0.15) is 13.2 Å². The third-order valence-corrected chi connectivity index (χ3v) is 6.52. The summed E-state index contributed by atoms with van der Waals surface area (Å²) < 4.78 is 56.5. The average molecular weight is 521 g/mol. The van der Waals surface area contributed by atoms with Crippen LogP contribution < -0.4 is 0 Å². The van der Waals surface area contributed by atoms with E-state index in [9.17, 15) is 19.3 Å². The molecular weight excluding hydrogens is 474 g/mol. The van der Waals surface area contributed by atoms with Crippen molar-refractivity contribution in [2.75, 3.05) is 38.8 Å². The molecule has 0 spiro atoms. The van der Waals surface area contributed by atoms with Crippen molar-refractivity contribution in [2.24, 2.45) is 0 Å². The predicted octanol–water partition coefficient (Wildman–Crippen LogP) is 3.44. The number of aliphatic hydroxyl groups is 2. The molecule has 10 nitrogen and oxygen atoms in total. The topological polar surface area (TPSA) is 130 Å². The van der Waals surface area contributed by atoms with E-state index in [0.29, 0.717) is 25.2 Å². The van der Waals surface area contributed by atoms with Crippen LogP contribution in [-0.2, 0) is 37.1 Å². The Labute approximate surface area is 200 Å². The molecule has 0 heterocycles. The Hall–Kier alpha value is 0.140. The summed E-state index contributed by atoms with van der Waals surface area (Å²) in [4.78, 5) is 0. The Balaban J connectivity index is 3.96. The van der Waals surface area contributed by atoms with Crippen molar-refractivity contribution >= 4 is 16.1 Å². The summed E-state index contributed by atoms with van der Waals surface area (Å²) in [5, 5.41) is 18.9. The van der Waals surface area contributed by atoms with Gasteiger partial charge >= 0.3 is 0 Å². The van der Waals surface area contributed by atoms with Crippen LogP contribution in [0, 0.1) is 0 Å². The molecule has 0 saturated carbocycles. The lowest BCUT2D eigenvalue weighted by molar-refractivity contribution is -0.226. The maximum atomic E-state index is 12.2. The Morgan fingerprint density at radius 3 is 1.73 bits per heavy atom. The van der Waals surface area contributed by atoms with E-state index in [1.54, 1.807) is 13.8 Å². The van der Waals surface area contributed by atoms with Gasteiger partial charge in [0, 0.05) is 12.3 Å². The van der Waals surface area contributed by atoms with Crippen LogP contribution in [0.4, 0.5) is 0 Å². The van der Waals surface area contributed by atoms with E-state index >= 15 is 0 Å². The molecule has 0 aliphatic carbocycles. The van der Waals surface area contributed by atoms with Gasteiger partial charge in [0.15, 0.2) is 28.6 Å². The maximum absolute atomic E-state index is 12.2. The van der Waals surface area contributed by atoms with E-state index in [1.165, 1.54) is 0 Å². The van der Waals surface area contributed by atoms with Gasteiger partial charge in [-0.25, -0.2) is 0 Å². The fourth-order valence-corrected chi connectivity index (χ4v) is 4.66. The molecule has 0 saturated heterocycles. The summed E-state index contributed by atoms with van der Waals surface area (Å²) in [7, 11) is -4.39. The summed E-state index contributed by atoms with van der Waals surface area (Å²) in [6.45, 7) is 11.1. The van der Waals surface area contributed by atoms with Crippen LogP contribution in [-0.4, -0.2) is 86.0 Å². The van der Waals surface area contributed by atoms with Crippen LogP contribution >= 0.6 is 16.1 Å². The minimum atomic E-state index is -2.25. The summed E-state index contributed by atoms with van der Waals surface area (Å²) in [5.41, 5.74) is 0. The average Bonchev–Trinajstić information content (AvgIpc) is 2.71. The Morgan fingerprint density at radius 2 is 1.21 bits per heavy atom. The first kappa shape index (κ1) is 33.1. The third kappa shape index (κ3) is 22.4. The summed E-state index contributed by atoms with van der Waals surface area (Å²) in [6, 6.07) is 0. The van der Waals surface area contributed by atoms with Crippen molar-refractivity contribution in [1.82, 2.24) is 0 Å². The minimum absolute atomic E-state index is 0.00122. The molecule has 0 bridgehead atoms. The van der Waals surface area contributed by atoms with E-state index in [2.05, 4.69) is 0 Å². The number of ether oxygens (including phenoxy) is 4. The molecular formula is C21H46O10P2. The standard InChI is InChI=1S/C21H46O10P2/c1-16(2)30-20(23)14-27-21(31-17(3)4)15-29-33(25)11-9-7-8-10-32(24)28-13-19(6)26-12-18(5)22/h16-23,32-33H,7-15H2,1-6H3. The Bertz CT molecular complexity index is 519. The molecule has 0 rings (SSSR count). The van der Waals surface area contributed by atoms with Crippen molar-refractivity contribution in [2.45, 2.75) is 97.8 Å². The molecule has 12 heteroatoms. The Kier molecular flexibility index (Phi) is 20.4. The molecule has 2 N–H and O–H groups in total. The molecule has 0 fully saturated rings. The second-order valence-electron chi connectivity index (χ2n) is 8.51. The van der Waals surface area contributed by atoms with E-state index in [4.69, 9.17) is 28.0 Å². The zero-order valence-corrected chi connectivity index (χ0v) is 23.0. The molecule has 0 aromatic heterocycles. The number of hydrogen-bond donors (Lipinski definition) is 2. The van der Waals surface area contributed by atoms with Crippen LogP contribution in [0.25, 0.3) is 0 Å². The molecule has 0 aromatic rings. The van der Waals surface area contributed by atoms with Gasteiger partial charge in [-0.05, 0) is 54.4 Å². The quantitative estimate of drug-likeness (QED) is 0.124. The molecule has 6 unspecified atom stereocenters. The normalized spacial score (nSPS) is 17.8. The van der Waals surface area contributed by atoms with Crippen LogP contribution in [0.3, 0.4) is 0 Å². The number of aliphatic hydroxyl groups excluding tert-OH is 2. The molecule has 6 atom stereocenters. The van der Waals surface area contributed by atoms with Gasteiger partial charge in [0.05, 0.1) is 37.6 Å². The molecule has 0 amide bonds. The summed E-state index contributed by atoms with van der Waals surface area (Å²) in [6.07, 6.45) is 0.217. The SMILES string of the molecule is CC(O)COC(C)CO[PH](=O)CCCCC[PH](=O)OCC(OCC(O)OC(C)C)OC(C)C. The lowest BCUT2D eigenvalue weighted by Crippen LogP contribution is -2.31. The second-order valence-corrected chi connectivity index (χ2v) is 11.6. The minimum Gasteiger partial charge on any atom is -0.391 e. The molecule has 33 heavy (non-hydrogen) atoms. The predicted molar refractivity (Wildman–Crippen MR) is 129 cm³/mol. The van der Waals surface area contributed by atoms with Crippen molar-refractivity contribution in [3.05, 3.63) is 0 Å². The third-order valence-electron chi connectivity index (χ3n) is 4.02. The largest absolute Gasteiger partial charge is 0.391 e. The molecule has 0 radical (unpaired) electrons. The van der Waals surface area contributed by atoms with E-state index in [1.807, 2.05) is 27.7 Å². The Morgan fingerprint density at radius 1 is 0.667 bits per heavy atom. The molecule has 0 aliphatic rings. The van der Waals surface area contributed by atoms with Crippen molar-refractivity contribution < 1.29 is 47.3 Å². The number of rotatable bonds is 22.